The number of carbonyl (C=O) groups is 2. The number of fused-ring (bicyclic) bond motifs is 1. The highest BCUT2D eigenvalue weighted by atomic mass is 35.5. The van der Waals surface area contributed by atoms with Gasteiger partial charge in [-0.25, -0.2) is 4.98 Å². The zero-order valence-electron chi connectivity index (χ0n) is 9.97. The number of carboxylic acids is 1. The van der Waals surface area contributed by atoms with Crippen molar-refractivity contribution in [3.8, 4) is 0 Å². The highest BCUT2D eigenvalue weighted by Gasteiger charge is 2.07. The second kappa shape index (κ2) is 5.71. The molecular weight excluding hydrogens is 270 g/mol. The van der Waals surface area contributed by atoms with Crippen molar-refractivity contribution in [2.24, 2.45) is 0 Å². The molecule has 2 heterocycles. The Labute approximate surface area is 114 Å². The predicted molar refractivity (Wildman–Crippen MR) is 68.9 cm³/mol. The topological polar surface area (TPSA) is 83.7 Å². The molecule has 7 heteroatoms. The molecule has 19 heavy (non-hydrogen) atoms. The minimum Gasteiger partial charge on any atom is -0.481 e. The monoisotopic (exact) mass is 281 g/mol. The number of aliphatic carboxylic acids is 1. The number of carbonyl (C=O) groups excluding carboxylic acids is 1. The molecular formula is C12H12ClN3O3. The maximum absolute atomic E-state index is 11.4. The Morgan fingerprint density at radius 3 is 2.84 bits per heavy atom. The maximum atomic E-state index is 11.4. The zero-order chi connectivity index (χ0) is 13.8. The zero-order valence-corrected chi connectivity index (χ0v) is 10.7. The second-order valence-electron chi connectivity index (χ2n) is 4.02. The van der Waals surface area contributed by atoms with Crippen LogP contribution in [0.3, 0.4) is 0 Å². The Kier molecular flexibility index (Phi) is 4.01. The first-order chi connectivity index (χ1) is 9.04. The SMILES string of the molecule is O=C(O)CCC(=O)NCc1cn2cc(Cl)ccc2n1. The summed E-state index contributed by atoms with van der Waals surface area (Å²) in [5.74, 6) is -1.30. The van der Waals surface area contributed by atoms with E-state index in [-0.39, 0.29) is 25.3 Å². The van der Waals surface area contributed by atoms with E-state index in [1.807, 2.05) is 0 Å². The molecule has 2 rings (SSSR count). The fourth-order valence-electron chi connectivity index (χ4n) is 1.60. The van der Waals surface area contributed by atoms with Crippen LogP contribution in [0.2, 0.25) is 5.02 Å². The summed E-state index contributed by atoms with van der Waals surface area (Å²) in [6.45, 7) is 0.262. The minimum absolute atomic E-state index is 0.0332. The highest BCUT2D eigenvalue weighted by molar-refractivity contribution is 6.30. The second-order valence-corrected chi connectivity index (χ2v) is 4.45. The van der Waals surface area contributed by atoms with Gasteiger partial charge in [-0.3, -0.25) is 9.59 Å². The van der Waals surface area contributed by atoms with E-state index in [9.17, 15) is 9.59 Å². The number of rotatable bonds is 5. The van der Waals surface area contributed by atoms with E-state index in [1.165, 1.54) is 0 Å². The van der Waals surface area contributed by atoms with E-state index in [2.05, 4.69) is 10.3 Å². The van der Waals surface area contributed by atoms with Gasteiger partial charge in [0.1, 0.15) is 5.65 Å². The van der Waals surface area contributed by atoms with Gasteiger partial charge in [0.25, 0.3) is 0 Å². The van der Waals surface area contributed by atoms with Crippen LogP contribution in [0.1, 0.15) is 18.5 Å². The number of hydrogen-bond donors (Lipinski definition) is 2. The largest absolute Gasteiger partial charge is 0.481 e. The molecule has 0 aliphatic heterocycles. The molecule has 0 aliphatic carbocycles. The van der Waals surface area contributed by atoms with Crippen LogP contribution in [0.5, 0.6) is 0 Å². The Bertz CT molecular complexity index is 624. The molecule has 0 fully saturated rings. The van der Waals surface area contributed by atoms with Gasteiger partial charge in [-0.1, -0.05) is 11.6 Å². The van der Waals surface area contributed by atoms with E-state index in [0.29, 0.717) is 10.7 Å². The first-order valence-corrected chi connectivity index (χ1v) is 6.04. The summed E-state index contributed by atoms with van der Waals surface area (Å²) in [5.41, 5.74) is 1.42. The molecule has 0 aliphatic rings. The lowest BCUT2D eigenvalue weighted by Gasteiger charge is -2.00. The fourth-order valence-corrected chi connectivity index (χ4v) is 1.77. The van der Waals surface area contributed by atoms with Gasteiger partial charge in [0.2, 0.25) is 5.91 Å². The van der Waals surface area contributed by atoms with Crippen molar-refractivity contribution in [2.45, 2.75) is 19.4 Å². The molecule has 0 atom stereocenters. The van der Waals surface area contributed by atoms with Crippen molar-refractivity contribution in [3.63, 3.8) is 0 Å². The summed E-state index contributed by atoms with van der Waals surface area (Å²) in [5, 5.41) is 11.7. The van der Waals surface area contributed by atoms with Crippen molar-refractivity contribution in [3.05, 3.63) is 35.2 Å². The van der Waals surface area contributed by atoms with Crippen LogP contribution in [0.4, 0.5) is 0 Å². The quantitative estimate of drug-likeness (QED) is 0.869. The normalized spacial score (nSPS) is 10.6. The Morgan fingerprint density at radius 1 is 1.32 bits per heavy atom. The van der Waals surface area contributed by atoms with Crippen LogP contribution < -0.4 is 5.32 Å². The summed E-state index contributed by atoms with van der Waals surface area (Å²) in [6, 6.07) is 3.51. The number of imidazole rings is 1. The molecule has 2 N–H and O–H groups in total. The molecule has 0 saturated carbocycles. The van der Waals surface area contributed by atoms with Gasteiger partial charge in [0.05, 0.1) is 23.7 Å². The van der Waals surface area contributed by atoms with Crippen molar-refractivity contribution >= 4 is 29.1 Å². The molecule has 2 aromatic heterocycles. The molecule has 0 spiro atoms. The summed E-state index contributed by atoms with van der Waals surface area (Å²) in [6.07, 6.45) is 3.28. The average Bonchev–Trinajstić information content (AvgIpc) is 2.75. The Balaban J connectivity index is 1.94. The summed E-state index contributed by atoms with van der Waals surface area (Å²) < 4.78 is 1.76. The molecule has 6 nitrogen and oxygen atoms in total. The van der Waals surface area contributed by atoms with Gasteiger partial charge in [0.15, 0.2) is 0 Å². The summed E-state index contributed by atoms with van der Waals surface area (Å²) in [4.78, 5) is 26.0. The van der Waals surface area contributed by atoms with Crippen molar-refractivity contribution < 1.29 is 14.7 Å². The molecule has 0 aromatic carbocycles. The minimum atomic E-state index is -0.988. The van der Waals surface area contributed by atoms with E-state index >= 15 is 0 Å². The lowest BCUT2D eigenvalue weighted by molar-refractivity contribution is -0.138. The van der Waals surface area contributed by atoms with Crippen LogP contribution in [0.25, 0.3) is 5.65 Å². The van der Waals surface area contributed by atoms with Gasteiger partial charge in [-0.2, -0.15) is 0 Å². The first-order valence-electron chi connectivity index (χ1n) is 5.66. The fraction of sp³-hybridized carbons (Fsp3) is 0.250. The van der Waals surface area contributed by atoms with Gasteiger partial charge in [-0.15, -0.1) is 0 Å². The molecule has 2 aromatic rings. The average molecular weight is 282 g/mol. The number of halogens is 1. The number of aromatic nitrogens is 2. The predicted octanol–water partition coefficient (Wildman–Crippen LogP) is 1.47. The van der Waals surface area contributed by atoms with Crippen LogP contribution in [0.15, 0.2) is 24.5 Å². The molecule has 0 unspecified atom stereocenters. The van der Waals surface area contributed by atoms with Crippen molar-refractivity contribution in [1.29, 1.82) is 0 Å². The number of nitrogens with zero attached hydrogens (tertiary/aromatic N) is 2. The van der Waals surface area contributed by atoms with E-state index in [4.69, 9.17) is 16.7 Å². The van der Waals surface area contributed by atoms with Crippen LogP contribution in [-0.2, 0) is 16.1 Å². The summed E-state index contributed by atoms with van der Waals surface area (Å²) >= 11 is 5.85. The Hall–Kier alpha value is -2.08. The highest BCUT2D eigenvalue weighted by Crippen LogP contribution is 2.11. The van der Waals surface area contributed by atoms with Crippen LogP contribution >= 0.6 is 11.6 Å². The van der Waals surface area contributed by atoms with E-state index in [1.54, 1.807) is 28.9 Å². The van der Waals surface area contributed by atoms with Gasteiger partial charge < -0.3 is 14.8 Å². The smallest absolute Gasteiger partial charge is 0.303 e. The molecule has 100 valence electrons. The number of pyridine rings is 1. The molecule has 0 radical (unpaired) electrons. The van der Waals surface area contributed by atoms with E-state index in [0.717, 1.165) is 5.65 Å². The third kappa shape index (κ3) is 3.69. The van der Waals surface area contributed by atoms with Crippen molar-refractivity contribution in [1.82, 2.24) is 14.7 Å². The van der Waals surface area contributed by atoms with Crippen molar-refractivity contribution in [2.75, 3.05) is 0 Å². The first kappa shape index (κ1) is 13.4. The third-order valence-electron chi connectivity index (χ3n) is 2.50. The summed E-state index contributed by atoms with van der Waals surface area (Å²) in [7, 11) is 0. The van der Waals surface area contributed by atoms with Crippen LogP contribution in [0, 0.1) is 0 Å². The molecule has 1 amide bonds. The van der Waals surface area contributed by atoms with Gasteiger partial charge >= 0.3 is 5.97 Å². The lowest BCUT2D eigenvalue weighted by Crippen LogP contribution is -2.23. The van der Waals surface area contributed by atoms with Gasteiger partial charge in [-0.05, 0) is 12.1 Å². The molecule has 0 saturated heterocycles. The van der Waals surface area contributed by atoms with Gasteiger partial charge in [0, 0.05) is 18.8 Å². The Morgan fingerprint density at radius 2 is 2.11 bits per heavy atom. The lowest BCUT2D eigenvalue weighted by atomic mass is 10.3. The standard InChI is InChI=1S/C12H12ClN3O3/c13-8-1-2-10-15-9(7-16(10)6-8)5-14-11(17)3-4-12(18)19/h1-2,6-7H,3-5H2,(H,14,17)(H,18,19). The van der Waals surface area contributed by atoms with Crippen LogP contribution in [-0.4, -0.2) is 26.4 Å². The number of amides is 1. The third-order valence-corrected chi connectivity index (χ3v) is 2.72. The van der Waals surface area contributed by atoms with E-state index < -0.39 is 5.97 Å². The molecule has 0 bridgehead atoms. The number of nitrogens with one attached hydrogen (secondary N) is 1. The number of carboxylic acid groups (broad SMARTS) is 1. The number of hydrogen-bond acceptors (Lipinski definition) is 3. The maximum Gasteiger partial charge on any atom is 0.303 e.